The molecule has 154 valence electrons. The number of rotatable bonds is 8. The summed E-state index contributed by atoms with van der Waals surface area (Å²) in [7, 11) is 0. The van der Waals surface area contributed by atoms with Crippen molar-refractivity contribution >= 4 is 17.6 Å². The molecule has 2 heterocycles. The van der Waals surface area contributed by atoms with Crippen LogP contribution in [0.15, 0.2) is 24.4 Å². The van der Waals surface area contributed by atoms with Crippen molar-refractivity contribution in [3.05, 3.63) is 35.5 Å². The topological polar surface area (TPSA) is 116 Å². The maximum Gasteiger partial charge on any atom is 0.254 e. The van der Waals surface area contributed by atoms with Crippen LogP contribution in [0.25, 0.3) is 11.3 Å². The number of anilines is 1. The number of benzene rings is 1. The molecule has 3 rings (SSSR count). The molecule has 1 aromatic heterocycles. The van der Waals surface area contributed by atoms with Gasteiger partial charge in [-0.1, -0.05) is 26.0 Å². The number of nitrogens with one attached hydrogen (secondary N) is 1. The lowest BCUT2D eigenvalue weighted by atomic mass is 10.0. The molecule has 2 aromatic rings. The number of hydrogen-bond donors (Lipinski definition) is 3. The fraction of sp³-hybridized carbons (Fsp3) is 0.429. The van der Waals surface area contributed by atoms with Gasteiger partial charge in [-0.05, 0) is 30.9 Å². The molecule has 0 saturated carbocycles. The quantitative estimate of drug-likeness (QED) is 0.624. The molecule has 1 amide bonds. The molecule has 3 N–H and O–H groups in total. The van der Waals surface area contributed by atoms with Crippen LogP contribution in [-0.2, 0) is 11.3 Å². The molecule has 1 unspecified atom stereocenters. The molecule has 0 bridgehead atoms. The molecule has 1 aliphatic heterocycles. The van der Waals surface area contributed by atoms with Crippen molar-refractivity contribution in [1.82, 2.24) is 14.9 Å². The number of aliphatic hydroxyl groups excluding tert-OH is 1. The zero-order valence-corrected chi connectivity index (χ0v) is 16.8. The van der Waals surface area contributed by atoms with E-state index < -0.39 is 0 Å². The van der Waals surface area contributed by atoms with Gasteiger partial charge in [-0.15, -0.1) is 0 Å². The van der Waals surface area contributed by atoms with Crippen LogP contribution >= 0.6 is 0 Å². The molecule has 1 aromatic carbocycles. The second-order valence-electron chi connectivity index (χ2n) is 7.67. The van der Waals surface area contributed by atoms with Gasteiger partial charge >= 0.3 is 0 Å². The molecule has 1 atom stereocenters. The maximum absolute atomic E-state index is 12.6. The fourth-order valence-electron chi connectivity index (χ4n) is 3.44. The molecule has 0 radical (unpaired) electrons. The number of carbonyl (C=O) groups is 2. The summed E-state index contributed by atoms with van der Waals surface area (Å²) in [6, 6.07) is 5.29. The SMILES string of the molecule is CC(=O)CN1Cc2ccc(-c3nc(NC(CCO)C(C)C)ncc3O)cc2C1=O. The van der Waals surface area contributed by atoms with Gasteiger partial charge < -0.3 is 20.4 Å². The fourth-order valence-corrected chi connectivity index (χ4v) is 3.44. The summed E-state index contributed by atoms with van der Waals surface area (Å²) in [4.78, 5) is 34.1. The molecular weight excluding hydrogens is 372 g/mol. The first-order valence-electron chi connectivity index (χ1n) is 9.65. The number of aliphatic hydroxyl groups is 1. The van der Waals surface area contributed by atoms with Crippen molar-refractivity contribution in [2.45, 2.75) is 39.8 Å². The monoisotopic (exact) mass is 398 g/mol. The lowest BCUT2D eigenvalue weighted by Gasteiger charge is -2.21. The van der Waals surface area contributed by atoms with Crippen molar-refractivity contribution < 1.29 is 19.8 Å². The Hall–Kier alpha value is -3.00. The van der Waals surface area contributed by atoms with Gasteiger partial charge in [-0.2, -0.15) is 0 Å². The second-order valence-corrected chi connectivity index (χ2v) is 7.67. The summed E-state index contributed by atoms with van der Waals surface area (Å²) < 4.78 is 0. The second kappa shape index (κ2) is 8.57. The summed E-state index contributed by atoms with van der Waals surface area (Å²) in [6.45, 7) is 6.05. The van der Waals surface area contributed by atoms with Crippen LogP contribution in [0, 0.1) is 5.92 Å². The van der Waals surface area contributed by atoms with E-state index in [1.807, 2.05) is 19.9 Å². The zero-order chi connectivity index (χ0) is 21.1. The molecule has 1 aliphatic rings. The van der Waals surface area contributed by atoms with E-state index in [0.29, 0.717) is 35.7 Å². The molecule has 0 spiro atoms. The Morgan fingerprint density at radius 1 is 1.34 bits per heavy atom. The molecule has 29 heavy (non-hydrogen) atoms. The first-order chi connectivity index (χ1) is 13.8. The zero-order valence-electron chi connectivity index (χ0n) is 16.8. The lowest BCUT2D eigenvalue weighted by Crippen LogP contribution is -2.28. The normalized spacial score (nSPS) is 14.2. The number of amides is 1. The van der Waals surface area contributed by atoms with Crippen LogP contribution in [0.3, 0.4) is 0 Å². The first kappa shape index (κ1) is 20.7. The van der Waals surface area contributed by atoms with Crippen molar-refractivity contribution in [3.8, 4) is 17.0 Å². The number of ketones is 1. The number of hydrogen-bond acceptors (Lipinski definition) is 7. The van der Waals surface area contributed by atoms with Crippen LogP contribution in [0.2, 0.25) is 0 Å². The predicted octanol–water partition coefficient (Wildman–Crippen LogP) is 2.21. The van der Waals surface area contributed by atoms with E-state index in [-0.39, 0.29) is 42.6 Å². The van der Waals surface area contributed by atoms with Gasteiger partial charge in [-0.25, -0.2) is 9.97 Å². The Balaban J connectivity index is 1.89. The van der Waals surface area contributed by atoms with Crippen LogP contribution in [0.1, 0.15) is 43.1 Å². The number of nitrogens with zero attached hydrogens (tertiary/aromatic N) is 3. The Bertz CT molecular complexity index is 929. The van der Waals surface area contributed by atoms with E-state index in [4.69, 9.17) is 0 Å². The highest BCUT2D eigenvalue weighted by molar-refractivity contribution is 6.01. The minimum absolute atomic E-state index is 0.0147. The van der Waals surface area contributed by atoms with E-state index in [2.05, 4.69) is 15.3 Å². The van der Waals surface area contributed by atoms with Crippen molar-refractivity contribution in [2.75, 3.05) is 18.5 Å². The van der Waals surface area contributed by atoms with E-state index in [1.165, 1.54) is 18.0 Å². The Kier molecular flexibility index (Phi) is 6.12. The summed E-state index contributed by atoms with van der Waals surface area (Å²) in [5.41, 5.74) is 2.26. The van der Waals surface area contributed by atoms with E-state index >= 15 is 0 Å². The van der Waals surface area contributed by atoms with Gasteiger partial charge in [0.1, 0.15) is 11.5 Å². The molecule has 8 nitrogen and oxygen atoms in total. The van der Waals surface area contributed by atoms with Crippen molar-refractivity contribution in [2.24, 2.45) is 5.92 Å². The van der Waals surface area contributed by atoms with Crippen molar-refractivity contribution in [1.29, 1.82) is 0 Å². The Morgan fingerprint density at radius 3 is 2.76 bits per heavy atom. The third-order valence-electron chi connectivity index (χ3n) is 5.00. The largest absolute Gasteiger partial charge is 0.504 e. The molecular formula is C21H26N4O4. The van der Waals surface area contributed by atoms with Crippen LogP contribution < -0.4 is 5.32 Å². The highest BCUT2D eigenvalue weighted by Gasteiger charge is 2.28. The average Bonchev–Trinajstić information content (AvgIpc) is 2.97. The van der Waals surface area contributed by atoms with Gasteiger partial charge in [-0.3, -0.25) is 9.59 Å². The smallest absolute Gasteiger partial charge is 0.254 e. The number of carbonyl (C=O) groups excluding carboxylic acids is 2. The summed E-state index contributed by atoms with van der Waals surface area (Å²) >= 11 is 0. The maximum atomic E-state index is 12.6. The number of Topliss-reactive ketones (excluding diaryl/α,β-unsaturated/α-hetero) is 1. The van der Waals surface area contributed by atoms with Crippen LogP contribution in [0.4, 0.5) is 5.95 Å². The molecule has 8 heteroatoms. The van der Waals surface area contributed by atoms with E-state index in [1.54, 1.807) is 12.1 Å². The van der Waals surface area contributed by atoms with Gasteiger partial charge in [0.05, 0.1) is 12.7 Å². The minimum atomic E-state index is -0.202. The van der Waals surface area contributed by atoms with E-state index in [0.717, 1.165) is 5.56 Å². The summed E-state index contributed by atoms with van der Waals surface area (Å²) in [6.07, 6.45) is 1.87. The van der Waals surface area contributed by atoms with Gasteiger partial charge in [0.25, 0.3) is 5.91 Å². The average molecular weight is 398 g/mol. The standard InChI is InChI=1S/C21H26N4O4/c1-12(2)17(6-7-26)23-21-22-9-18(28)19(24-21)14-4-5-15-11-25(10-13(3)27)20(29)16(15)8-14/h4-5,8-9,12,17,26,28H,6-7,10-11H2,1-3H3,(H,22,23,24). The van der Waals surface area contributed by atoms with Crippen LogP contribution in [-0.4, -0.2) is 56.0 Å². The van der Waals surface area contributed by atoms with Gasteiger partial charge in [0.2, 0.25) is 5.95 Å². The number of aromatic nitrogens is 2. The predicted molar refractivity (Wildman–Crippen MR) is 109 cm³/mol. The molecule has 0 saturated heterocycles. The summed E-state index contributed by atoms with van der Waals surface area (Å²) in [5.74, 6) is 0.234. The highest BCUT2D eigenvalue weighted by Crippen LogP contribution is 2.32. The molecule has 0 fully saturated rings. The number of aromatic hydroxyl groups is 1. The number of fused-ring (bicyclic) bond motifs is 1. The third kappa shape index (κ3) is 4.54. The van der Waals surface area contributed by atoms with Gasteiger partial charge in [0, 0.05) is 30.3 Å². The molecule has 0 aliphatic carbocycles. The lowest BCUT2D eigenvalue weighted by molar-refractivity contribution is -0.117. The summed E-state index contributed by atoms with van der Waals surface area (Å²) in [5, 5.41) is 22.7. The minimum Gasteiger partial charge on any atom is -0.504 e. The van der Waals surface area contributed by atoms with E-state index in [9.17, 15) is 19.8 Å². The van der Waals surface area contributed by atoms with Crippen molar-refractivity contribution in [3.63, 3.8) is 0 Å². The highest BCUT2D eigenvalue weighted by atomic mass is 16.3. The first-order valence-corrected chi connectivity index (χ1v) is 9.65. The van der Waals surface area contributed by atoms with Gasteiger partial charge in [0.15, 0.2) is 5.75 Å². The Morgan fingerprint density at radius 2 is 2.10 bits per heavy atom. The Labute approximate surface area is 169 Å². The third-order valence-corrected chi connectivity index (χ3v) is 5.00. The van der Waals surface area contributed by atoms with Crippen LogP contribution in [0.5, 0.6) is 5.75 Å².